The molecule has 0 spiro atoms. The van der Waals surface area contributed by atoms with E-state index in [2.05, 4.69) is 5.10 Å². The summed E-state index contributed by atoms with van der Waals surface area (Å²) in [5.41, 5.74) is 0.888. The van der Waals surface area contributed by atoms with Crippen molar-refractivity contribution in [3.05, 3.63) is 87.3 Å². The second-order valence-corrected chi connectivity index (χ2v) is 5.13. The molecule has 0 amide bonds. The third-order valence-electron chi connectivity index (χ3n) is 3.65. The van der Waals surface area contributed by atoms with Gasteiger partial charge in [0, 0.05) is 11.6 Å². The molecule has 4 aromatic rings. The first kappa shape index (κ1) is 13.3. The first-order chi connectivity index (χ1) is 11.2. The van der Waals surface area contributed by atoms with Crippen molar-refractivity contribution in [3.8, 4) is 17.0 Å². The summed E-state index contributed by atoms with van der Waals surface area (Å²) in [5.74, 6) is 0.423. The van der Waals surface area contributed by atoms with Crippen LogP contribution in [0.25, 0.3) is 28.1 Å². The Kier molecular flexibility index (Phi) is 2.98. The second kappa shape index (κ2) is 5.14. The van der Waals surface area contributed by atoms with E-state index in [1.54, 1.807) is 0 Å². The molecule has 0 aliphatic heterocycles. The van der Waals surface area contributed by atoms with Gasteiger partial charge in [-0.25, -0.2) is 4.68 Å². The zero-order chi connectivity index (χ0) is 15.8. The molecule has 5 nitrogen and oxygen atoms in total. The molecule has 23 heavy (non-hydrogen) atoms. The summed E-state index contributed by atoms with van der Waals surface area (Å²) in [6.07, 6.45) is 0. The molecule has 5 heteroatoms. The van der Waals surface area contributed by atoms with E-state index in [-0.39, 0.29) is 16.5 Å². The molecule has 0 aliphatic carbocycles. The second-order valence-electron chi connectivity index (χ2n) is 5.13. The minimum atomic E-state index is -0.461. The van der Waals surface area contributed by atoms with E-state index in [1.807, 2.05) is 60.7 Å². The van der Waals surface area contributed by atoms with E-state index in [0.29, 0.717) is 11.4 Å². The van der Waals surface area contributed by atoms with Gasteiger partial charge in [-0.1, -0.05) is 48.5 Å². The van der Waals surface area contributed by atoms with Crippen LogP contribution in [0.1, 0.15) is 0 Å². The molecule has 2 heterocycles. The lowest BCUT2D eigenvalue weighted by Gasteiger charge is -2.05. The van der Waals surface area contributed by atoms with Gasteiger partial charge in [-0.3, -0.25) is 14.7 Å². The summed E-state index contributed by atoms with van der Waals surface area (Å²) in [6.45, 7) is 0. The largest absolute Gasteiger partial charge is 0.437 e. The zero-order valence-electron chi connectivity index (χ0n) is 12.0. The molecule has 4 rings (SSSR count). The number of para-hydroxylation sites is 1. The molecule has 0 saturated carbocycles. The Labute approximate surface area is 130 Å². The van der Waals surface area contributed by atoms with Crippen molar-refractivity contribution >= 4 is 11.1 Å². The van der Waals surface area contributed by atoms with Crippen LogP contribution in [0.15, 0.2) is 80.7 Å². The molecule has 0 atom stereocenters. The highest BCUT2D eigenvalue weighted by atomic mass is 16.3. The molecule has 0 saturated heterocycles. The third kappa shape index (κ3) is 2.19. The number of hydrogen-bond donors (Lipinski definition) is 1. The molecule has 0 radical (unpaired) electrons. The standard InChI is InChI=1S/C18H12N2O3/c21-14-11-15(12-7-3-1-4-8-12)23-18-16(14)17(22)19-20(18)13-9-5-2-6-10-13/h1-11H,(H,19,22). The Bertz CT molecular complexity index is 1090. The molecule has 0 aliphatic rings. The van der Waals surface area contributed by atoms with E-state index >= 15 is 0 Å². The smallest absolute Gasteiger partial charge is 0.279 e. The van der Waals surface area contributed by atoms with Crippen LogP contribution < -0.4 is 11.0 Å². The van der Waals surface area contributed by atoms with E-state index in [4.69, 9.17) is 4.42 Å². The van der Waals surface area contributed by atoms with Crippen LogP contribution in [-0.4, -0.2) is 9.78 Å². The van der Waals surface area contributed by atoms with Crippen molar-refractivity contribution in [2.24, 2.45) is 0 Å². The number of hydrogen-bond acceptors (Lipinski definition) is 3. The summed E-state index contributed by atoms with van der Waals surface area (Å²) in [5, 5.41) is 2.68. The molecule has 0 unspecified atom stereocenters. The van der Waals surface area contributed by atoms with Crippen LogP contribution in [0, 0.1) is 0 Å². The van der Waals surface area contributed by atoms with Gasteiger partial charge in [-0.05, 0) is 12.1 Å². The summed E-state index contributed by atoms with van der Waals surface area (Å²) in [4.78, 5) is 24.5. The average Bonchev–Trinajstić information content (AvgIpc) is 2.94. The van der Waals surface area contributed by atoms with E-state index < -0.39 is 5.56 Å². The molecule has 1 N–H and O–H groups in total. The van der Waals surface area contributed by atoms with Crippen molar-refractivity contribution in [3.63, 3.8) is 0 Å². The Morgan fingerprint density at radius 1 is 0.870 bits per heavy atom. The quantitative estimate of drug-likeness (QED) is 0.619. The third-order valence-corrected chi connectivity index (χ3v) is 3.65. The van der Waals surface area contributed by atoms with Gasteiger partial charge in [-0.15, -0.1) is 0 Å². The van der Waals surface area contributed by atoms with Crippen LogP contribution in [0.5, 0.6) is 0 Å². The molecule has 112 valence electrons. The van der Waals surface area contributed by atoms with Crippen molar-refractivity contribution in [1.82, 2.24) is 9.78 Å². The number of aromatic amines is 1. The number of fused-ring (bicyclic) bond motifs is 1. The van der Waals surface area contributed by atoms with Crippen LogP contribution in [0.2, 0.25) is 0 Å². The maximum atomic E-state index is 12.3. The minimum Gasteiger partial charge on any atom is -0.437 e. The zero-order valence-corrected chi connectivity index (χ0v) is 12.0. The lowest BCUT2D eigenvalue weighted by atomic mass is 10.1. The summed E-state index contributed by atoms with van der Waals surface area (Å²) < 4.78 is 7.36. The highest BCUT2D eigenvalue weighted by Crippen LogP contribution is 2.22. The maximum absolute atomic E-state index is 12.3. The van der Waals surface area contributed by atoms with Gasteiger partial charge in [0.25, 0.3) is 5.56 Å². The van der Waals surface area contributed by atoms with Crippen molar-refractivity contribution in [1.29, 1.82) is 0 Å². The van der Waals surface area contributed by atoms with E-state index in [0.717, 1.165) is 5.56 Å². The Morgan fingerprint density at radius 2 is 1.52 bits per heavy atom. The fraction of sp³-hybridized carbons (Fsp3) is 0. The van der Waals surface area contributed by atoms with Gasteiger partial charge >= 0.3 is 0 Å². The number of benzene rings is 2. The van der Waals surface area contributed by atoms with Crippen LogP contribution >= 0.6 is 0 Å². The first-order valence-corrected chi connectivity index (χ1v) is 7.14. The molecular weight excluding hydrogens is 292 g/mol. The normalized spacial score (nSPS) is 11.0. The summed E-state index contributed by atoms with van der Waals surface area (Å²) in [6, 6.07) is 19.9. The Balaban J connectivity index is 2.05. The number of aromatic nitrogens is 2. The van der Waals surface area contributed by atoms with Gasteiger partial charge in [0.15, 0.2) is 5.39 Å². The van der Waals surface area contributed by atoms with Gasteiger partial charge in [0.2, 0.25) is 11.1 Å². The lowest BCUT2D eigenvalue weighted by Crippen LogP contribution is -2.09. The fourth-order valence-corrected chi connectivity index (χ4v) is 2.56. The Morgan fingerprint density at radius 3 is 2.22 bits per heavy atom. The van der Waals surface area contributed by atoms with E-state index in [9.17, 15) is 9.59 Å². The molecule has 0 bridgehead atoms. The molecule has 0 fully saturated rings. The highest BCUT2D eigenvalue weighted by molar-refractivity contribution is 5.76. The van der Waals surface area contributed by atoms with Gasteiger partial charge in [0.1, 0.15) is 5.76 Å². The molecule has 2 aromatic carbocycles. The fourth-order valence-electron chi connectivity index (χ4n) is 2.56. The summed E-state index contributed by atoms with van der Waals surface area (Å²) >= 11 is 0. The van der Waals surface area contributed by atoms with Crippen LogP contribution in [0.3, 0.4) is 0 Å². The van der Waals surface area contributed by atoms with Crippen LogP contribution in [-0.2, 0) is 0 Å². The number of nitrogens with zero attached hydrogens (tertiary/aromatic N) is 1. The Hall–Kier alpha value is -3.34. The van der Waals surface area contributed by atoms with Crippen molar-refractivity contribution in [2.45, 2.75) is 0 Å². The van der Waals surface area contributed by atoms with Crippen LogP contribution in [0.4, 0.5) is 0 Å². The number of H-pyrrole nitrogens is 1. The van der Waals surface area contributed by atoms with Gasteiger partial charge in [-0.2, -0.15) is 0 Å². The minimum absolute atomic E-state index is 0.0218. The lowest BCUT2D eigenvalue weighted by molar-refractivity contribution is 0.587. The van der Waals surface area contributed by atoms with Crippen molar-refractivity contribution in [2.75, 3.05) is 0 Å². The summed E-state index contributed by atoms with van der Waals surface area (Å²) in [7, 11) is 0. The topological polar surface area (TPSA) is 68.0 Å². The maximum Gasteiger partial charge on any atom is 0.279 e. The predicted octanol–water partition coefficient (Wildman–Crippen LogP) is 2.94. The van der Waals surface area contributed by atoms with E-state index in [1.165, 1.54) is 10.7 Å². The molecular formula is C18H12N2O3. The van der Waals surface area contributed by atoms with Gasteiger partial charge < -0.3 is 4.42 Å². The predicted molar refractivity (Wildman–Crippen MR) is 87.9 cm³/mol. The van der Waals surface area contributed by atoms with Gasteiger partial charge in [0.05, 0.1) is 5.69 Å². The highest BCUT2D eigenvalue weighted by Gasteiger charge is 2.16. The average molecular weight is 304 g/mol. The monoisotopic (exact) mass is 304 g/mol. The number of rotatable bonds is 2. The number of nitrogens with one attached hydrogen (secondary N) is 1. The SMILES string of the molecule is O=c1cc(-c2ccccc2)oc2c1c(=O)[nH]n2-c1ccccc1. The first-order valence-electron chi connectivity index (χ1n) is 7.14. The van der Waals surface area contributed by atoms with Crippen molar-refractivity contribution < 1.29 is 4.42 Å². The molecule has 2 aromatic heterocycles.